The molecule has 0 radical (unpaired) electrons. The van der Waals surface area contributed by atoms with E-state index in [1.54, 1.807) is 16.7 Å². The van der Waals surface area contributed by atoms with Crippen LogP contribution in [0.3, 0.4) is 0 Å². The second kappa shape index (κ2) is 4.78. The van der Waals surface area contributed by atoms with Gasteiger partial charge in [0.2, 0.25) is 0 Å². The molecule has 1 aromatic carbocycles. The Morgan fingerprint density at radius 3 is 2.88 bits per heavy atom. The largest absolute Gasteiger partial charge is 0.324 e. The lowest BCUT2D eigenvalue weighted by molar-refractivity contribution is 0.203. The van der Waals surface area contributed by atoms with Crippen molar-refractivity contribution in [2.45, 2.75) is 6.54 Å². The van der Waals surface area contributed by atoms with Crippen molar-refractivity contribution >= 4 is 23.5 Å². The first kappa shape index (κ1) is 11.3. The molecule has 0 fully saturated rings. The number of anilines is 1. The molecule has 1 aliphatic heterocycles. The van der Waals surface area contributed by atoms with Crippen LogP contribution in [0, 0.1) is 0 Å². The fourth-order valence-electron chi connectivity index (χ4n) is 1.94. The van der Waals surface area contributed by atoms with E-state index in [2.05, 4.69) is 12.3 Å². The van der Waals surface area contributed by atoms with Crippen molar-refractivity contribution < 1.29 is 4.79 Å². The molecule has 2 rings (SSSR count). The van der Waals surface area contributed by atoms with Gasteiger partial charge in [0.05, 0.1) is 5.69 Å². The van der Waals surface area contributed by atoms with Crippen molar-refractivity contribution in [2.75, 3.05) is 30.5 Å². The minimum Gasteiger partial charge on any atom is -0.319 e. The van der Waals surface area contributed by atoms with Gasteiger partial charge in [-0.05, 0) is 17.9 Å². The summed E-state index contributed by atoms with van der Waals surface area (Å²) in [6, 6.07) is 8.19. The predicted octanol–water partition coefficient (Wildman–Crippen LogP) is 2.42. The Balaban J connectivity index is 2.21. The number of rotatable bonds is 3. The van der Waals surface area contributed by atoms with E-state index in [4.69, 9.17) is 0 Å². The number of hydrogen-bond donors (Lipinski definition) is 0. The molecule has 1 aliphatic rings. The van der Waals surface area contributed by atoms with Gasteiger partial charge in [0, 0.05) is 25.9 Å². The van der Waals surface area contributed by atoms with Crippen molar-refractivity contribution in [3.63, 3.8) is 0 Å². The zero-order chi connectivity index (χ0) is 11.5. The monoisotopic (exact) mass is 236 g/mol. The second-order valence-corrected chi connectivity index (χ2v) is 4.87. The molecule has 0 atom stereocenters. The molecule has 1 heterocycles. The Hall–Kier alpha value is -1.16. The van der Waals surface area contributed by atoms with Gasteiger partial charge in [-0.1, -0.05) is 18.2 Å². The molecule has 0 N–H and O–H groups in total. The summed E-state index contributed by atoms with van der Waals surface area (Å²) in [5.74, 6) is 0.988. The summed E-state index contributed by atoms with van der Waals surface area (Å²) in [6.45, 7) is 1.55. The summed E-state index contributed by atoms with van der Waals surface area (Å²) in [5.41, 5.74) is 2.26. The standard InChI is InChI=1S/C12H16N2OS/c1-13-11-6-4-3-5-10(11)9-14(12(13)15)7-8-16-2/h3-6H,7-9H2,1-2H3. The van der Waals surface area contributed by atoms with E-state index in [9.17, 15) is 4.79 Å². The average Bonchev–Trinajstić information content (AvgIpc) is 2.32. The minimum absolute atomic E-state index is 0.104. The highest BCUT2D eigenvalue weighted by atomic mass is 32.2. The Morgan fingerprint density at radius 1 is 1.38 bits per heavy atom. The van der Waals surface area contributed by atoms with Crippen LogP contribution in [0.2, 0.25) is 0 Å². The first-order valence-corrected chi connectivity index (χ1v) is 6.73. The van der Waals surface area contributed by atoms with E-state index in [0.29, 0.717) is 0 Å². The highest BCUT2D eigenvalue weighted by Crippen LogP contribution is 2.26. The molecule has 3 nitrogen and oxygen atoms in total. The van der Waals surface area contributed by atoms with Gasteiger partial charge in [0.15, 0.2) is 0 Å². The summed E-state index contributed by atoms with van der Waals surface area (Å²) in [6.07, 6.45) is 2.06. The van der Waals surface area contributed by atoms with Crippen LogP contribution in [0.5, 0.6) is 0 Å². The molecule has 2 amide bonds. The Bertz CT molecular complexity index is 394. The third kappa shape index (κ3) is 2.02. The average molecular weight is 236 g/mol. The van der Waals surface area contributed by atoms with Gasteiger partial charge in [-0.15, -0.1) is 0 Å². The summed E-state index contributed by atoms with van der Waals surface area (Å²) in [7, 11) is 1.84. The normalized spacial score (nSPS) is 15.2. The van der Waals surface area contributed by atoms with Crippen LogP contribution in [0.1, 0.15) is 5.56 Å². The molecule has 0 bridgehead atoms. The van der Waals surface area contributed by atoms with Crippen LogP contribution < -0.4 is 4.90 Å². The number of hydrogen-bond acceptors (Lipinski definition) is 2. The third-order valence-electron chi connectivity index (χ3n) is 2.84. The highest BCUT2D eigenvalue weighted by Gasteiger charge is 2.26. The van der Waals surface area contributed by atoms with Crippen molar-refractivity contribution in [1.29, 1.82) is 0 Å². The smallest absolute Gasteiger partial charge is 0.319 e. The molecule has 86 valence electrons. The summed E-state index contributed by atoms with van der Waals surface area (Å²) in [5, 5.41) is 0. The summed E-state index contributed by atoms with van der Waals surface area (Å²) in [4.78, 5) is 15.7. The maximum atomic E-state index is 12.0. The molecule has 1 aromatic rings. The number of para-hydroxylation sites is 1. The Morgan fingerprint density at radius 2 is 2.12 bits per heavy atom. The molecular formula is C12H16N2OS. The lowest BCUT2D eigenvalue weighted by Gasteiger charge is -2.34. The van der Waals surface area contributed by atoms with E-state index in [1.165, 1.54) is 5.56 Å². The number of fused-ring (bicyclic) bond motifs is 1. The quantitative estimate of drug-likeness (QED) is 0.804. The van der Waals surface area contributed by atoms with E-state index in [0.717, 1.165) is 24.5 Å². The van der Waals surface area contributed by atoms with Gasteiger partial charge in [0.25, 0.3) is 0 Å². The van der Waals surface area contributed by atoms with Crippen LogP contribution in [-0.4, -0.2) is 36.5 Å². The maximum absolute atomic E-state index is 12.0. The second-order valence-electron chi connectivity index (χ2n) is 3.88. The summed E-state index contributed by atoms with van der Waals surface area (Å²) < 4.78 is 0. The molecule has 0 saturated carbocycles. The van der Waals surface area contributed by atoms with Crippen LogP contribution in [0.15, 0.2) is 24.3 Å². The summed E-state index contributed by atoms with van der Waals surface area (Å²) >= 11 is 1.77. The molecule has 16 heavy (non-hydrogen) atoms. The SMILES string of the molecule is CSCCN1Cc2ccccc2N(C)C1=O. The molecule has 0 unspecified atom stereocenters. The van der Waals surface area contributed by atoms with E-state index in [1.807, 2.05) is 30.1 Å². The molecular weight excluding hydrogens is 220 g/mol. The minimum atomic E-state index is 0.104. The van der Waals surface area contributed by atoms with Gasteiger partial charge >= 0.3 is 6.03 Å². The lowest BCUT2D eigenvalue weighted by atomic mass is 10.1. The lowest BCUT2D eigenvalue weighted by Crippen LogP contribution is -2.45. The highest BCUT2D eigenvalue weighted by molar-refractivity contribution is 7.98. The molecule has 0 aliphatic carbocycles. The molecule has 0 aromatic heterocycles. The molecule has 0 saturated heterocycles. The number of carbonyl (C=O) groups excluding carboxylic acids is 1. The van der Waals surface area contributed by atoms with E-state index < -0.39 is 0 Å². The van der Waals surface area contributed by atoms with E-state index >= 15 is 0 Å². The number of benzene rings is 1. The van der Waals surface area contributed by atoms with Gasteiger partial charge in [-0.25, -0.2) is 4.79 Å². The maximum Gasteiger partial charge on any atom is 0.324 e. The number of thioether (sulfide) groups is 1. The first-order valence-electron chi connectivity index (χ1n) is 5.33. The fraction of sp³-hybridized carbons (Fsp3) is 0.417. The van der Waals surface area contributed by atoms with E-state index in [-0.39, 0.29) is 6.03 Å². The topological polar surface area (TPSA) is 23.6 Å². The number of carbonyl (C=O) groups is 1. The number of urea groups is 1. The molecule has 0 spiro atoms. The van der Waals surface area contributed by atoms with Crippen molar-refractivity contribution in [3.05, 3.63) is 29.8 Å². The Kier molecular flexibility index (Phi) is 3.39. The van der Waals surface area contributed by atoms with Crippen LogP contribution in [0.4, 0.5) is 10.5 Å². The number of nitrogens with zero attached hydrogens (tertiary/aromatic N) is 2. The van der Waals surface area contributed by atoms with Crippen LogP contribution in [-0.2, 0) is 6.54 Å². The predicted molar refractivity (Wildman–Crippen MR) is 69.0 cm³/mol. The van der Waals surface area contributed by atoms with Crippen LogP contribution >= 0.6 is 11.8 Å². The fourth-order valence-corrected chi connectivity index (χ4v) is 2.34. The zero-order valence-corrected chi connectivity index (χ0v) is 10.5. The first-order chi connectivity index (χ1) is 7.74. The number of amides is 2. The van der Waals surface area contributed by atoms with Crippen molar-refractivity contribution in [3.8, 4) is 0 Å². The van der Waals surface area contributed by atoms with Gasteiger partial charge in [0.1, 0.15) is 0 Å². The van der Waals surface area contributed by atoms with Gasteiger partial charge in [-0.3, -0.25) is 4.90 Å². The Labute approximate surface area is 100 Å². The van der Waals surface area contributed by atoms with Crippen molar-refractivity contribution in [2.24, 2.45) is 0 Å². The zero-order valence-electron chi connectivity index (χ0n) is 9.64. The molecule has 4 heteroatoms. The van der Waals surface area contributed by atoms with Crippen molar-refractivity contribution in [1.82, 2.24) is 4.90 Å². The van der Waals surface area contributed by atoms with Gasteiger partial charge < -0.3 is 4.90 Å². The van der Waals surface area contributed by atoms with Gasteiger partial charge in [-0.2, -0.15) is 11.8 Å². The van der Waals surface area contributed by atoms with Crippen LogP contribution in [0.25, 0.3) is 0 Å². The third-order valence-corrected chi connectivity index (χ3v) is 3.43.